The average Bonchev–Trinajstić information content (AvgIpc) is 2.48. The van der Waals surface area contributed by atoms with Gasteiger partial charge in [-0.15, -0.1) is 0 Å². The van der Waals surface area contributed by atoms with E-state index in [1.807, 2.05) is 19.1 Å². The van der Waals surface area contributed by atoms with E-state index in [0.29, 0.717) is 6.10 Å². The molecular formula is C16H26N2O2. The first-order valence-electron chi connectivity index (χ1n) is 7.74. The molecule has 1 N–H and O–H groups in total. The maximum Gasteiger partial charge on any atom is 0.129 e. The van der Waals surface area contributed by atoms with Crippen LogP contribution in [0.25, 0.3) is 0 Å². The number of aromatic nitrogens is 1. The van der Waals surface area contributed by atoms with Gasteiger partial charge in [0.2, 0.25) is 0 Å². The van der Waals surface area contributed by atoms with E-state index >= 15 is 0 Å². The molecule has 4 nitrogen and oxygen atoms in total. The number of aliphatic hydroxyl groups is 1. The van der Waals surface area contributed by atoms with Crippen molar-refractivity contribution in [2.24, 2.45) is 0 Å². The van der Waals surface area contributed by atoms with Gasteiger partial charge in [0.1, 0.15) is 5.82 Å². The summed E-state index contributed by atoms with van der Waals surface area (Å²) in [5.74, 6) is 0.990. The molecule has 0 saturated carbocycles. The molecule has 1 fully saturated rings. The fraction of sp³-hybridized carbons (Fsp3) is 0.688. The fourth-order valence-electron chi connectivity index (χ4n) is 2.79. The first-order valence-corrected chi connectivity index (χ1v) is 7.74. The molecule has 2 rings (SSSR count). The van der Waals surface area contributed by atoms with Gasteiger partial charge in [-0.3, -0.25) is 0 Å². The van der Waals surface area contributed by atoms with E-state index in [1.165, 1.54) is 0 Å². The Labute approximate surface area is 121 Å². The van der Waals surface area contributed by atoms with E-state index in [2.05, 4.69) is 11.8 Å². The molecule has 1 atom stereocenters. The van der Waals surface area contributed by atoms with E-state index < -0.39 is 0 Å². The number of rotatable bonds is 6. The quantitative estimate of drug-likeness (QED) is 0.868. The molecule has 20 heavy (non-hydrogen) atoms. The van der Waals surface area contributed by atoms with Crippen molar-refractivity contribution in [3.05, 3.63) is 23.4 Å². The molecule has 1 aliphatic rings. The Morgan fingerprint density at radius 3 is 2.95 bits per heavy atom. The van der Waals surface area contributed by atoms with Crippen LogP contribution in [-0.4, -0.2) is 35.9 Å². The fourth-order valence-corrected chi connectivity index (χ4v) is 2.79. The second-order valence-corrected chi connectivity index (χ2v) is 5.40. The number of ether oxygens (including phenoxy) is 1. The minimum absolute atomic E-state index is 0.0783. The van der Waals surface area contributed by atoms with Crippen LogP contribution in [0.1, 0.15) is 44.4 Å². The molecule has 0 bridgehead atoms. The van der Waals surface area contributed by atoms with Gasteiger partial charge in [0.05, 0.1) is 12.7 Å². The third-order valence-electron chi connectivity index (χ3n) is 3.72. The minimum Gasteiger partial charge on any atom is -0.392 e. The highest BCUT2D eigenvalue weighted by atomic mass is 16.5. The van der Waals surface area contributed by atoms with Gasteiger partial charge in [-0.05, 0) is 43.9 Å². The third kappa shape index (κ3) is 3.93. The van der Waals surface area contributed by atoms with Crippen LogP contribution in [0, 0.1) is 0 Å². The molecule has 1 unspecified atom stereocenters. The lowest BCUT2D eigenvalue weighted by atomic mass is 10.1. The summed E-state index contributed by atoms with van der Waals surface area (Å²) in [6, 6.07) is 4.02. The largest absolute Gasteiger partial charge is 0.392 e. The highest BCUT2D eigenvalue weighted by Gasteiger charge is 2.21. The highest BCUT2D eigenvalue weighted by Crippen LogP contribution is 2.22. The molecule has 1 aromatic rings. The van der Waals surface area contributed by atoms with Crippen LogP contribution in [-0.2, 0) is 17.8 Å². The van der Waals surface area contributed by atoms with Crippen molar-refractivity contribution in [2.75, 3.05) is 24.6 Å². The molecule has 0 amide bonds. The third-order valence-corrected chi connectivity index (χ3v) is 3.72. The summed E-state index contributed by atoms with van der Waals surface area (Å²) < 4.78 is 5.75. The normalized spacial score (nSPS) is 19.4. The molecule has 1 aliphatic heterocycles. The number of pyridine rings is 1. The zero-order valence-corrected chi connectivity index (χ0v) is 12.6. The lowest BCUT2D eigenvalue weighted by molar-refractivity contribution is 0.0525. The summed E-state index contributed by atoms with van der Waals surface area (Å²) in [5, 5.41) is 9.42. The van der Waals surface area contributed by atoms with Crippen LogP contribution < -0.4 is 4.90 Å². The van der Waals surface area contributed by atoms with Crippen molar-refractivity contribution < 1.29 is 9.84 Å². The number of aryl methyl sites for hydroxylation is 1. The van der Waals surface area contributed by atoms with Gasteiger partial charge in [-0.25, -0.2) is 4.98 Å². The Morgan fingerprint density at radius 1 is 1.40 bits per heavy atom. The first-order chi connectivity index (χ1) is 9.76. The maximum atomic E-state index is 9.42. The molecule has 2 heterocycles. The van der Waals surface area contributed by atoms with Gasteiger partial charge in [-0.2, -0.15) is 0 Å². The summed E-state index contributed by atoms with van der Waals surface area (Å²) in [5.41, 5.74) is 2.03. The molecule has 0 spiro atoms. The van der Waals surface area contributed by atoms with Gasteiger partial charge in [-0.1, -0.05) is 13.3 Å². The zero-order valence-electron chi connectivity index (χ0n) is 12.6. The van der Waals surface area contributed by atoms with Crippen LogP contribution >= 0.6 is 0 Å². The summed E-state index contributed by atoms with van der Waals surface area (Å²) in [4.78, 5) is 7.04. The molecule has 1 aromatic heterocycles. The van der Waals surface area contributed by atoms with E-state index in [0.717, 1.165) is 62.5 Å². The smallest absolute Gasteiger partial charge is 0.129 e. The van der Waals surface area contributed by atoms with Crippen molar-refractivity contribution in [1.29, 1.82) is 0 Å². The molecule has 4 heteroatoms. The van der Waals surface area contributed by atoms with Crippen LogP contribution in [0.4, 0.5) is 5.82 Å². The van der Waals surface area contributed by atoms with Gasteiger partial charge >= 0.3 is 0 Å². The van der Waals surface area contributed by atoms with Gasteiger partial charge in [0.25, 0.3) is 0 Å². The van der Waals surface area contributed by atoms with Crippen LogP contribution in [0.5, 0.6) is 0 Å². The lowest BCUT2D eigenvalue weighted by Gasteiger charge is -2.33. The van der Waals surface area contributed by atoms with Crippen molar-refractivity contribution in [1.82, 2.24) is 4.98 Å². The number of aliphatic hydroxyl groups excluding tert-OH is 1. The van der Waals surface area contributed by atoms with Gasteiger partial charge in [0.15, 0.2) is 0 Å². The number of hydrogen-bond donors (Lipinski definition) is 1. The van der Waals surface area contributed by atoms with Crippen molar-refractivity contribution in [3.8, 4) is 0 Å². The topological polar surface area (TPSA) is 45.6 Å². The van der Waals surface area contributed by atoms with Crippen LogP contribution in [0.2, 0.25) is 0 Å². The van der Waals surface area contributed by atoms with Crippen molar-refractivity contribution in [3.63, 3.8) is 0 Å². The van der Waals surface area contributed by atoms with E-state index in [-0.39, 0.29) is 6.61 Å². The van der Waals surface area contributed by atoms with E-state index in [9.17, 15) is 5.11 Å². The Balaban J connectivity index is 2.15. The molecule has 0 radical (unpaired) electrons. The van der Waals surface area contributed by atoms with Crippen LogP contribution in [0.15, 0.2) is 12.1 Å². The second-order valence-electron chi connectivity index (χ2n) is 5.40. The second kappa shape index (κ2) is 7.60. The van der Waals surface area contributed by atoms with E-state index in [1.54, 1.807) is 0 Å². The number of nitrogens with zero attached hydrogens (tertiary/aromatic N) is 2. The molecular weight excluding hydrogens is 252 g/mol. The van der Waals surface area contributed by atoms with Gasteiger partial charge < -0.3 is 14.7 Å². The highest BCUT2D eigenvalue weighted by molar-refractivity contribution is 5.43. The zero-order chi connectivity index (χ0) is 14.4. The lowest BCUT2D eigenvalue weighted by Crippen LogP contribution is -2.40. The van der Waals surface area contributed by atoms with Gasteiger partial charge in [0, 0.05) is 25.4 Å². The monoisotopic (exact) mass is 278 g/mol. The number of piperidine rings is 1. The van der Waals surface area contributed by atoms with Crippen molar-refractivity contribution >= 4 is 5.82 Å². The average molecular weight is 278 g/mol. The Kier molecular flexibility index (Phi) is 5.80. The van der Waals surface area contributed by atoms with E-state index in [4.69, 9.17) is 9.72 Å². The summed E-state index contributed by atoms with van der Waals surface area (Å²) in [6.45, 7) is 6.97. The summed E-state index contributed by atoms with van der Waals surface area (Å²) in [7, 11) is 0. The van der Waals surface area contributed by atoms with Crippen LogP contribution in [0.3, 0.4) is 0 Å². The Bertz CT molecular complexity index is 421. The minimum atomic E-state index is 0.0783. The molecule has 0 aliphatic carbocycles. The molecule has 0 aromatic carbocycles. The Hall–Kier alpha value is -1.13. The summed E-state index contributed by atoms with van der Waals surface area (Å²) >= 11 is 0. The first kappa shape index (κ1) is 15.3. The predicted molar refractivity (Wildman–Crippen MR) is 81.0 cm³/mol. The maximum absolute atomic E-state index is 9.42. The molecule has 1 saturated heterocycles. The molecule has 112 valence electrons. The predicted octanol–water partition coefficient (Wildman–Crippen LogP) is 2.53. The van der Waals surface area contributed by atoms with Crippen molar-refractivity contribution in [2.45, 2.75) is 52.2 Å². The SMILES string of the molecule is CCCc1cc(CO)cc(N2CCCC(OCC)C2)n1. The summed E-state index contributed by atoms with van der Waals surface area (Å²) in [6.07, 6.45) is 4.61. The number of anilines is 1. The Morgan fingerprint density at radius 2 is 2.25 bits per heavy atom. The standard InChI is InChI=1S/C16H26N2O2/c1-3-6-14-9-13(12-19)10-16(17-14)18-8-5-7-15(11-18)20-4-2/h9-10,15,19H,3-8,11-12H2,1-2H3. The number of hydrogen-bond acceptors (Lipinski definition) is 4.